The van der Waals surface area contributed by atoms with Gasteiger partial charge in [-0.15, -0.1) is 12.4 Å². The minimum atomic E-state index is -0.433. The number of fused-ring (bicyclic) bond motifs is 1. The predicted octanol–water partition coefficient (Wildman–Crippen LogP) is 3.53. The summed E-state index contributed by atoms with van der Waals surface area (Å²) >= 11 is 0. The predicted molar refractivity (Wildman–Crippen MR) is 116 cm³/mol. The number of rotatable bonds is 7. The molecule has 3 N–H and O–H groups in total. The molecule has 0 bridgehead atoms. The molecule has 3 aromatic rings. The minimum absolute atomic E-state index is 0. The molecule has 6 nitrogen and oxygen atoms in total. The average Bonchev–Trinajstić information content (AvgIpc) is 2.70. The molecule has 154 valence electrons. The van der Waals surface area contributed by atoms with Crippen LogP contribution < -0.4 is 21.4 Å². The Morgan fingerprint density at radius 3 is 2.41 bits per heavy atom. The lowest BCUT2D eigenvalue weighted by Crippen LogP contribution is -2.35. The van der Waals surface area contributed by atoms with E-state index in [1.165, 1.54) is 11.6 Å². The largest absolute Gasteiger partial charge is 0.484 e. The Morgan fingerprint density at radius 1 is 1.07 bits per heavy atom. The lowest BCUT2D eigenvalue weighted by Gasteiger charge is -2.15. The summed E-state index contributed by atoms with van der Waals surface area (Å²) in [7, 11) is 0. The lowest BCUT2D eigenvalue weighted by molar-refractivity contribution is -0.123. The standard InChI is InChI=1S/C22H24N2O4.ClH/c1-14(2)15-3-5-16(6-4-15)19(23)12-24-21(25)13-27-18-9-7-17-8-10-22(26)28-20(17)11-18;/h3-11,14,19H,12-13,23H2,1-2H3,(H,24,25);1H. The van der Waals surface area contributed by atoms with E-state index in [1.54, 1.807) is 24.3 Å². The normalized spacial score (nSPS) is 11.7. The molecule has 3 rings (SSSR count). The number of halogens is 1. The Balaban J connectivity index is 0.00000300. The van der Waals surface area contributed by atoms with Crippen LogP contribution in [0, 0.1) is 0 Å². The van der Waals surface area contributed by atoms with Crippen molar-refractivity contribution in [1.82, 2.24) is 5.32 Å². The van der Waals surface area contributed by atoms with E-state index >= 15 is 0 Å². The molecule has 1 amide bonds. The Labute approximate surface area is 175 Å². The second-order valence-electron chi connectivity index (χ2n) is 6.97. The Kier molecular flexibility index (Phi) is 7.82. The van der Waals surface area contributed by atoms with Crippen LogP contribution in [0.4, 0.5) is 0 Å². The first-order chi connectivity index (χ1) is 13.4. The van der Waals surface area contributed by atoms with Gasteiger partial charge in [-0.05, 0) is 35.2 Å². The van der Waals surface area contributed by atoms with Gasteiger partial charge in [-0.25, -0.2) is 4.79 Å². The van der Waals surface area contributed by atoms with Crippen molar-refractivity contribution in [2.75, 3.05) is 13.2 Å². The van der Waals surface area contributed by atoms with Crippen LogP contribution in [0.3, 0.4) is 0 Å². The van der Waals surface area contributed by atoms with Crippen molar-refractivity contribution in [1.29, 1.82) is 0 Å². The molecule has 0 aliphatic carbocycles. The summed E-state index contributed by atoms with van der Waals surface area (Å²) in [6.45, 7) is 4.44. The van der Waals surface area contributed by atoms with E-state index in [4.69, 9.17) is 14.9 Å². The highest BCUT2D eigenvalue weighted by atomic mass is 35.5. The highest BCUT2D eigenvalue weighted by Crippen LogP contribution is 2.19. The molecule has 1 unspecified atom stereocenters. The Bertz CT molecular complexity index is 1020. The van der Waals surface area contributed by atoms with Crippen molar-refractivity contribution in [3.63, 3.8) is 0 Å². The van der Waals surface area contributed by atoms with Crippen LogP contribution in [0.25, 0.3) is 11.0 Å². The van der Waals surface area contributed by atoms with Gasteiger partial charge >= 0.3 is 5.63 Å². The van der Waals surface area contributed by atoms with Gasteiger partial charge < -0.3 is 20.2 Å². The summed E-state index contributed by atoms with van der Waals surface area (Å²) < 4.78 is 10.6. The van der Waals surface area contributed by atoms with E-state index in [9.17, 15) is 9.59 Å². The summed E-state index contributed by atoms with van der Waals surface area (Å²) in [4.78, 5) is 23.3. The van der Waals surface area contributed by atoms with Gasteiger partial charge in [-0.1, -0.05) is 38.1 Å². The maximum absolute atomic E-state index is 12.0. The summed E-state index contributed by atoms with van der Waals surface area (Å²) in [5, 5.41) is 3.56. The zero-order chi connectivity index (χ0) is 20.1. The number of amides is 1. The maximum atomic E-state index is 12.0. The van der Waals surface area contributed by atoms with Gasteiger partial charge in [0.1, 0.15) is 11.3 Å². The van der Waals surface area contributed by atoms with E-state index in [0.29, 0.717) is 23.8 Å². The van der Waals surface area contributed by atoms with Gasteiger partial charge in [0.2, 0.25) is 0 Å². The molecular weight excluding hydrogens is 392 g/mol. The maximum Gasteiger partial charge on any atom is 0.336 e. The van der Waals surface area contributed by atoms with Crippen molar-refractivity contribution in [3.05, 3.63) is 76.1 Å². The number of benzene rings is 2. The summed E-state index contributed by atoms with van der Waals surface area (Å²) in [5.41, 5.74) is 8.35. The topological polar surface area (TPSA) is 94.6 Å². The Morgan fingerprint density at radius 2 is 1.72 bits per heavy atom. The Hall–Kier alpha value is -2.83. The first-order valence-corrected chi connectivity index (χ1v) is 9.21. The van der Waals surface area contributed by atoms with Crippen molar-refractivity contribution in [2.45, 2.75) is 25.8 Å². The lowest BCUT2D eigenvalue weighted by atomic mass is 9.99. The van der Waals surface area contributed by atoms with E-state index in [0.717, 1.165) is 10.9 Å². The SMILES string of the molecule is CC(C)c1ccc(C(N)CNC(=O)COc2ccc3ccc(=O)oc3c2)cc1.Cl. The van der Waals surface area contributed by atoms with Gasteiger partial charge in [-0.3, -0.25) is 4.79 Å². The van der Waals surface area contributed by atoms with Gasteiger partial charge in [0.05, 0.1) is 0 Å². The number of hydrogen-bond acceptors (Lipinski definition) is 5. The average molecular weight is 417 g/mol. The van der Waals surface area contributed by atoms with Crippen LogP contribution in [-0.2, 0) is 4.79 Å². The van der Waals surface area contributed by atoms with E-state index in [2.05, 4.69) is 31.3 Å². The van der Waals surface area contributed by atoms with Crippen molar-refractivity contribution >= 4 is 29.3 Å². The molecule has 0 spiro atoms. The third-order valence-electron chi connectivity index (χ3n) is 4.51. The monoisotopic (exact) mass is 416 g/mol. The van der Waals surface area contributed by atoms with Gasteiger partial charge in [0.15, 0.2) is 6.61 Å². The van der Waals surface area contributed by atoms with Crippen LogP contribution in [0.2, 0.25) is 0 Å². The molecule has 0 fully saturated rings. The fourth-order valence-corrected chi connectivity index (χ4v) is 2.80. The molecule has 7 heteroatoms. The quantitative estimate of drug-likeness (QED) is 0.574. The first kappa shape index (κ1) is 22.5. The van der Waals surface area contributed by atoms with Gasteiger partial charge in [-0.2, -0.15) is 0 Å². The zero-order valence-corrected chi connectivity index (χ0v) is 17.2. The number of nitrogens with one attached hydrogen (secondary N) is 1. The third kappa shape index (κ3) is 6.07. The molecule has 1 aromatic heterocycles. The molecule has 2 aromatic carbocycles. The van der Waals surface area contributed by atoms with Crippen molar-refractivity contribution < 1.29 is 13.9 Å². The van der Waals surface area contributed by atoms with Gasteiger partial charge in [0.25, 0.3) is 5.91 Å². The van der Waals surface area contributed by atoms with Gasteiger partial charge in [0, 0.05) is 30.1 Å². The number of hydrogen-bond donors (Lipinski definition) is 2. The fraction of sp³-hybridized carbons (Fsp3) is 0.273. The molecule has 0 aliphatic heterocycles. The van der Waals surface area contributed by atoms with Crippen molar-refractivity contribution in [2.24, 2.45) is 5.73 Å². The molecule has 1 atom stereocenters. The smallest absolute Gasteiger partial charge is 0.336 e. The molecule has 0 radical (unpaired) electrons. The minimum Gasteiger partial charge on any atom is -0.484 e. The number of carbonyl (C=O) groups excluding carboxylic acids is 1. The molecule has 0 saturated heterocycles. The fourth-order valence-electron chi connectivity index (χ4n) is 2.80. The molecular formula is C22H25ClN2O4. The second kappa shape index (κ2) is 10.1. The molecule has 0 aliphatic rings. The zero-order valence-electron chi connectivity index (χ0n) is 16.4. The van der Waals surface area contributed by atoms with Crippen molar-refractivity contribution in [3.8, 4) is 5.75 Å². The number of ether oxygens (including phenoxy) is 1. The number of nitrogens with two attached hydrogens (primary N) is 1. The van der Waals surface area contributed by atoms with Crippen LogP contribution in [0.15, 0.2) is 63.8 Å². The summed E-state index contributed by atoms with van der Waals surface area (Å²) in [5.74, 6) is 0.639. The third-order valence-corrected chi connectivity index (χ3v) is 4.51. The molecule has 1 heterocycles. The van der Waals surface area contributed by atoms with Crippen LogP contribution >= 0.6 is 12.4 Å². The molecule has 0 saturated carbocycles. The highest BCUT2D eigenvalue weighted by Gasteiger charge is 2.10. The van der Waals surface area contributed by atoms with E-state index in [-0.39, 0.29) is 31.0 Å². The van der Waals surface area contributed by atoms with Crippen LogP contribution in [0.1, 0.15) is 36.9 Å². The number of carbonyl (C=O) groups is 1. The second-order valence-corrected chi connectivity index (χ2v) is 6.97. The highest BCUT2D eigenvalue weighted by molar-refractivity contribution is 5.85. The van der Waals surface area contributed by atoms with Crippen LogP contribution in [-0.4, -0.2) is 19.1 Å². The summed E-state index contributed by atoms with van der Waals surface area (Å²) in [6, 6.07) is 15.9. The van der Waals surface area contributed by atoms with Crippen LogP contribution in [0.5, 0.6) is 5.75 Å². The first-order valence-electron chi connectivity index (χ1n) is 9.21. The summed E-state index contributed by atoms with van der Waals surface area (Å²) in [6.07, 6.45) is 0. The molecule has 29 heavy (non-hydrogen) atoms. The van der Waals surface area contributed by atoms with E-state index in [1.807, 2.05) is 12.1 Å². The van der Waals surface area contributed by atoms with E-state index < -0.39 is 5.63 Å².